The number of carbonyl (C=O) groups is 3. The molecular formula is C29H27F5N4O3. The van der Waals surface area contributed by atoms with E-state index in [-0.39, 0.29) is 23.3 Å². The number of halogens is 5. The number of anilines is 1. The molecule has 0 bridgehead atoms. The fourth-order valence-electron chi connectivity index (χ4n) is 5.07. The molecule has 0 atom stereocenters. The molecule has 2 aliphatic heterocycles. The number of hydrogen-bond donors (Lipinski definition) is 0. The second-order valence-corrected chi connectivity index (χ2v) is 9.93. The Bertz CT molecular complexity index is 1420. The van der Waals surface area contributed by atoms with Gasteiger partial charge in [-0.2, -0.15) is 18.4 Å². The first kappa shape index (κ1) is 29.9. The summed E-state index contributed by atoms with van der Waals surface area (Å²) in [5, 5.41) is 9.00. The summed E-state index contributed by atoms with van der Waals surface area (Å²) in [4.78, 5) is 42.6. The van der Waals surface area contributed by atoms with Gasteiger partial charge in [-0.25, -0.2) is 13.7 Å². The van der Waals surface area contributed by atoms with E-state index in [2.05, 4.69) is 4.90 Å². The molecule has 0 radical (unpaired) electrons. The fraction of sp³-hybridized carbons (Fsp3) is 0.379. The lowest BCUT2D eigenvalue weighted by molar-refractivity contribution is -0.138. The molecule has 41 heavy (non-hydrogen) atoms. The standard InChI is InChI=1S/C29H27F5N4O3/c1-18-21(27(40)38(26(18)39)20-10-9-19(17-35)22(16-20)29(32,33)34)6-3-2-4-11-36-12-14-37(15-13-36)28(41)25-23(30)7-5-8-24(25)31/h5,7-10,16H,2-4,6,11-15H2,1H3. The lowest BCUT2D eigenvalue weighted by atomic mass is 10.0. The highest BCUT2D eigenvalue weighted by Gasteiger charge is 2.39. The summed E-state index contributed by atoms with van der Waals surface area (Å²) in [6.07, 6.45) is -2.48. The van der Waals surface area contributed by atoms with Gasteiger partial charge in [-0.1, -0.05) is 12.5 Å². The van der Waals surface area contributed by atoms with E-state index in [1.807, 2.05) is 0 Å². The van der Waals surface area contributed by atoms with Crippen molar-refractivity contribution in [2.45, 2.75) is 38.8 Å². The number of benzene rings is 2. The zero-order chi connectivity index (χ0) is 29.9. The third-order valence-electron chi connectivity index (χ3n) is 7.36. The monoisotopic (exact) mass is 574 g/mol. The van der Waals surface area contributed by atoms with Gasteiger partial charge in [-0.15, -0.1) is 0 Å². The summed E-state index contributed by atoms with van der Waals surface area (Å²) in [6.45, 7) is 3.92. The highest BCUT2D eigenvalue weighted by atomic mass is 19.4. The molecule has 2 aromatic carbocycles. The Morgan fingerprint density at radius 3 is 2.22 bits per heavy atom. The van der Waals surface area contributed by atoms with Crippen molar-refractivity contribution in [3.8, 4) is 6.07 Å². The van der Waals surface area contributed by atoms with E-state index in [4.69, 9.17) is 5.26 Å². The van der Waals surface area contributed by atoms with Gasteiger partial charge in [-0.05, 0) is 63.1 Å². The van der Waals surface area contributed by atoms with Gasteiger partial charge in [0.15, 0.2) is 0 Å². The van der Waals surface area contributed by atoms with Crippen molar-refractivity contribution in [3.63, 3.8) is 0 Å². The maximum Gasteiger partial charge on any atom is 0.417 e. The van der Waals surface area contributed by atoms with Crippen LogP contribution >= 0.6 is 0 Å². The lowest BCUT2D eigenvalue weighted by Crippen LogP contribution is -2.49. The summed E-state index contributed by atoms with van der Waals surface area (Å²) < 4.78 is 68.0. The molecule has 2 heterocycles. The average molecular weight is 575 g/mol. The van der Waals surface area contributed by atoms with Crippen molar-refractivity contribution in [2.24, 2.45) is 0 Å². The first-order chi connectivity index (χ1) is 19.4. The normalized spacial score (nSPS) is 16.5. The summed E-state index contributed by atoms with van der Waals surface area (Å²) in [5.41, 5.74) is -2.17. The molecule has 7 nitrogen and oxygen atoms in total. The average Bonchev–Trinajstić information content (AvgIpc) is 3.15. The van der Waals surface area contributed by atoms with E-state index in [9.17, 15) is 36.3 Å². The van der Waals surface area contributed by atoms with Gasteiger partial charge in [0.2, 0.25) is 0 Å². The van der Waals surface area contributed by atoms with E-state index in [1.54, 1.807) is 0 Å². The van der Waals surface area contributed by atoms with Gasteiger partial charge < -0.3 is 4.90 Å². The zero-order valence-electron chi connectivity index (χ0n) is 22.2. The van der Waals surface area contributed by atoms with E-state index >= 15 is 0 Å². The maximum atomic E-state index is 14.0. The molecule has 1 saturated heterocycles. The molecule has 0 N–H and O–H groups in total. The Balaban J connectivity index is 1.25. The lowest BCUT2D eigenvalue weighted by Gasteiger charge is -2.34. The molecule has 3 amide bonds. The minimum Gasteiger partial charge on any atom is -0.336 e. The molecule has 4 rings (SSSR count). The smallest absolute Gasteiger partial charge is 0.336 e. The minimum atomic E-state index is -4.82. The van der Waals surface area contributed by atoms with Crippen LogP contribution in [-0.4, -0.2) is 60.2 Å². The molecule has 0 aromatic heterocycles. The summed E-state index contributed by atoms with van der Waals surface area (Å²) in [5.74, 6) is -3.82. The summed E-state index contributed by atoms with van der Waals surface area (Å²) in [6, 6.07) is 7.52. The van der Waals surface area contributed by atoms with Gasteiger partial charge >= 0.3 is 6.18 Å². The maximum absolute atomic E-state index is 14.0. The Labute approximate surface area is 233 Å². The number of rotatable bonds is 8. The highest BCUT2D eigenvalue weighted by Crippen LogP contribution is 2.37. The third kappa shape index (κ3) is 6.30. The predicted octanol–water partition coefficient (Wildman–Crippen LogP) is 5.06. The Morgan fingerprint density at radius 1 is 0.951 bits per heavy atom. The van der Waals surface area contributed by atoms with Crippen molar-refractivity contribution >= 4 is 23.4 Å². The molecule has 12 heteroatoms. The van der Waals surface area contributed by atoms with E-state index in [0.29, 0.717) is 51.6 Å². The molecular weight excluding hydrogens is 547 g/mol. The van der Waals surface area contributed by atoms with Gasteiger partial charge in [0.1, 0.15) is 17.2 Å². The minimum absolute atomic E-state index is 0.181. The van der Waals surface area contributed by atoms with E-state index in [0.717, 1.165) is 35.6 Å². The molecule has 0 aliphatic carbocycles. The van der Waals surface area contributed by atoms with E-state index in [1.165, 1.54) is 24.0 Å². The van der Waals surface area contributed by atoms with Crippen LogP contribution in [0.1, 0.15) is 54.1 Å². The second-order valence-electron chi connectivity index (χ2n) is 9.93. The van der Waals surface area contributed by atoms with Crippen LogP contribution in [0.3, 0.4) is 0 Å². The van der Waals surface area contributed by atoms with Gasteiger partial charge in [0.05, 0.1) is 22.9 Å². The Morgan fingerprint density at radius 2 is 1.61 bits per heavy atom. The fourth-order valence-corrected chi connectivity index (χ4v) is 5.07. The number of nitrogens with zero attached hydrogens (tertiary/aromatic N) is 4. The van der Waals surface area contributed by atoms with Crippen LogP contribution < -0.4 is 4.90 Å². The van der Waals surface area contributed by atoms with Gasteiger partial charge in [0.25, 0.3) is 17.7 Å². The molecule has 1 fully saturated rings. The van der Waals surface area contributed by atoms with Crippen molar-refractivity contribution in [1.29, 1.82) is 5.26 Å². The topological polar surface area (TPSA) is 84.7 Å². The molecule has 216 valence electrons. The SMILES string of the molecule is CC1=C(CCCCCN2CCN(C(=O)c3c(F)cccc3F)CC2)C(=O)N(c2ccc(C#N)c(C(F)(F)F)c2)C1=O. The summed E-state index contributed by atoms with van der Waals surface area (Å²) in [7, 11) is 0. The number of hydrogen-bond acceptors (Lipinski definition) is 5. The number of carbonyl (C=O) groups excluding carboxylic acids is 3. The number of piperazine rings is 1. The highest BCUT2D eigenvalue weighted by molar-refractivity contribution is 6.32. The predicted molar refractivity (Wildman–Crippen MR) is 139 cm³/mol. The zero-order valence-corrected chi connectivity index (χ0v) is 22.2. The van der Waals surface area contributed by atoms with E-state index < -0.39 is 52.2 Å². The Hall–Kier alpha value is -4.11. The number of amides is 3. The number of alkyl halides is 3. The Kier molecular flexibility index (Phi) is 8.87. The van der Waals surface area contributed by atoms with Crippen molar-refractivity contribution in [1.82, 2.24) is 9.80 Å². The number of unbranched alkanes of at least 4 members (excludes halogenated alkanes) is 2. The first-order valence-electron chi connectivity index (χ1n) is 13.1. The second kappa shape index (κ2) is 12.2. The van der Waals surface area contributed by atoms with Crippen molar-refractivity contribution < 1.29 is 36.3 Å². The molecule has 0 spiro atoms. The van der Waals surface area contributed by atoms with Crippen LogP contribution in [0.4, 0.5) is 27.6 Å². The van der Waals surface area contributed by atoms with Crippen LogP contribution in [0, 0.1) is 23.0 Å². The van der Waals surface area contributed by atoms with Crippen LogP contribution in [0.5, 0.6) is 0 Å². The van der Waals surface area contributed by atoms with Crippen molar-refractivity contribution in [3.05, 3.63) is 75.9 Å². The molecule has 0 saturated carbocycles. The van der Waals surface area contributed by atoms with Gasteiger partial charge in [0, 0.05) is 37.3 Å². The van der Waals surface area contributed by atoms with Gasteiger partial charge in [-0.3, -0.25) is 19.3 Å². The quantitative estimate of drug-likeness (QED) is 0.250. The molecule has 0 unspecified atom stereocenters. The number of nitriles is 1. The van der Waals surface area contributed by atoms with Crippen molar-refractivity contribution in [2.75, 3.05) is 37.6 Å². The first-order valence-corrected chi connectivity index (χ1v) is 13.1. The van der Waals surface area contributed by atoms with Crippen LogP contribution in [0.2, 0.25) is 0 Å². The molecule has 2 aliphatic rings. The summed E-state index contributed by atoms with van der Waals surface area (Å²) >= 11 is 0. The van der Waals surface area contributed by atoms with Crippen LogP contribution in [-0.2, 0) is 15.8 Å². The molecule has 2 aromatic rings. The number of imide groups is 1. The van der Waals surface area contributed by atoms with Crippen LogP contribution in [0.25, 0.3) is 0 Å². The largest absolute Gasteiger partial charge is 0.417 e. The van der Waals surface area contributed by atoms with Crippen LogP contribution in [0.15, 0.2) is 47.5 Å². The third-order valence-corrected chi connectivity index (χ3v) is 7.36.